The number of hydrogen-bond acceptors (Lipinski definition) is 3. The van der Waals surface area contributed by atoms with Crippen molar-refractivity contribution >= 4 is 0 Å². The van der Waals surface area contributed by atoms with E-state index < -0.39 is 0 Å². The van der Waals surface area contributed by atoms with Crippen LogP contribution in [0.2, 0.25) is 0 Å². The zero-order valence-corrected chi connectivity index (χ0v) is 9.50. The molecule has 1 unspecified atom stereocenters. The molecule has 2 aliphatic heterocycles. The maximum Gasteiger partial charge on any atom is 0.0146 e. The lowest BCUT2D eigenvalue weighted by Crippen LogP contribution is -2.54. The Balaban J connectivity index is 1.89. The Morgan fingerprint density at radius 2 is 1.86 bits per heavy atom. The highest BCUT2D eigenvalue weighted by molar-refractivity contribution is 4.85. The topological polar surface area (TPSA) is 18.5 Å². The number of nitrogens with zero attached hydrogens (tertiary/aromatic N) is 2. The third-order valence-corrected chi connectivity index (χ3v) is 3.68. The molecule has 82 valence electrons. The predicted octanol–water partition coefficient (Wildman–Crippen LogP) is 0.232. The lowest BCUT2D eigenvalue weighted by molar-refractivity contribution is 0.0665. The Morgan fingerprint density at radius 1 is 1.14 bits per heavy atom. The molecule has 14 heavy (non-hydrogen) atoms. The van der Waals surface area contributed by atoms with Gasteiger partial charge in [0.15, 0.2) is 0 Å². The molecule has 3 nitrogen and oxygen atoms in total. The van der Waals surface area contributed by atoms with E-state index in [4.69, 9.17) is 0 Å². The Bertz CT molecular complexity index is 177. The quantitative estimate of drug-likeness (QED) is 0.649. The second-order valence-electron chi connectivity index (χ2n) is 4.88. The maximum atomic E-state index is 3.43. The molecule has 2 heterocycles. The van der Waals surface area contributed by atoms with Crippen LogP contribution in [0.1, 0.15) is 13.3 Å². The number of piperazine rings is 1. The molecule has 0 aromatic rings. The van der Waals surface area contributed by atoms with E-state index in [0.29, 0.717) is 0 Å². The van der Waals surface area contributed by atoms with E-state index in [2.05, 4.69) is 29.1 Å². The molecule has 0 amide bonds. The molecule has 3 heteroatoms. The normalized spacial score (nSPS) is 37.3. The smallest absolute Gasteiger partial charge is 0.0146 e. The average molecular weight is 197 g/mol. The van der Waals surface area contributed by atoms with E-state index in [1.807, 2.05) is 0 Å². The molecule has 0 saturated carbocycles. The monoisotopic (exact) mass is 197 g/mol. The summed E-state index contributed by atoms with van der Waals surface area (Å²) in [5.74, 6) is 0.840. The standard InChI is InChI=1S/C11H23N3/c1-10-9-13(2)6-3-11(10)14-7-4-12-5-8-14/h10-12H,3-9H2,1-2H3/t10-,11?/m0/s1. The van der Waals surface area contributed by atoms with Crippen molar-refractivity contribution < 1.29 is 0 Å². The molecule has 2 saturated heterocycles. The van der Waals surface area contributed by atoms with Crippen LogP contribution in [0.15, 0.2) is 0 Å². The average Bonchev–Trinajstić information content (AvgIpc) is 2.19. The van der Waals surface area contributed by atoms with Crippen LogP contribution in [0.4, 0.5) is 0 Å². The SMILES string of the molecule is C[C@H]1CN(C)CCC1N1CCNCC1. The zero-order chi connectivity index (χ0) is 9.97. The molecule has 0 bridgehead atoms. The van der Waals surface area contributed by atoms with E-state index in [0.717, 1.165) is 12.0 Å². The molecule has 2 fully saturated rings. The number of nitrogens with one attached hydrogen (secondary N) is 1. The largest absolute Gasteiger partial charge is 0.314 e. The van der Waals surface area contributed by atoms with Gasteiger partial charge in [-0.05, 0) is 25.9 Å². The van der Waals surface area contributed by atoms with Crippen molar-refractivity contribution in [2.24, 2.45) is 5.92 Å². The number of piperidine rings is 1. The molecule has 0 aliphatic carbocycles. The van der Waals surface area contributed by atoms with Crippen LogP contribution >= 0.6 is 0 Å². The Kier molecular flexibility index (Phi) is 3.42. The van der Waals surface area contributed by atoms with Gasteiger partial charge in [0.1, 0.15) is 0 Å². The van der Waals surface area contributed by atoms with Gasteiger partial charge in [-0.3, -0.25) is 4.90 Å². The van der Waals surface area contributed by atoms with Crippen molar-refractivity contribution in [2.75, 3.05) is 46.3 Å². The van der Waals surface area contributed by atoms with Crippen molar-refractivity contribution in [3.05, 3.63) is 0 Å². The second-order valence-corrected chi connectivity index (χ2v) is 4.88. The first-order valence-corrected chi connectivity index (χ1v) is 5.90. The van der Waals surface area contributed by atoms with Crippen LogP contribution in [-0.4, -0.2) is 62.2 Å². The molecule has 2 rings (SSSR count). The van der Waals surface area contributed by atoms with Gasteiger partial charge < -0.3 is 10.2 Å². The molecule has 0 radical (unpaired) electrons. The molecule has 0 aromatic heterocycles. The minimum Gasteiger partial charge on any atom is -0.314 e. The van der Waals surface area contributed by atoms with Gasteiger partial charge in [0.2, 0.25) is 0 Å². The fourth-order valence-electron chi connectivity index (χ4n) is 2.90. The minimum atomic E-state index is 0.840. The number of likely N-dealkylation sites (tertiary alicyclic amines) is 1. The first kappa shape index (κ1) is 10.4. The summed E-state index contributed by atoms with van der Waals surface area (Å²) in [6, 6.07) is 0.841. The first-order chi connectivity index (χ1) is 6.77. The molecule has 0 aromatic carbocycles. The number of rotatable bonds is 1. The van der Waals surface area contributed by atoms with Crippen molar-refractivity contribution in [2.45, 2.75) is 19.4 Å². The van der Waals surface area contributed by atoms with Gasteiger partial charge in [-0.2, -0.15) is 0 Å². The van der Waals surface area contributed by atoms with Crippen molar-refractivity contribution in [3.63, 3.8) is 0 Å². The van der Waals surface area contributed by atoms with Gasteiger partial charge in [-0.15, -0.1) is 0 Å². The lowest BCUT2D eigenvalue weighted by Gasteiger charge is -2.43. The van der Waals surface area contributed by atoms with Gasteiger partial charge in [0, 0.05) is 38.8 Å². The predicted molar refractivity (Wildman–Crippen MR) is 59.5 cm³/mol. The number of hydrogen-bond donors (Lipinski definition) is 1. The van der Waals surface area contributed by atoms with Crippen molar-refractivity contribution in [3.8, 4) is 0 Å². The Morgan fingerprint density at radius 3 is 2.50 bits per heavy atom. The van der Waals surface area contributed by atoms with Crippen LogP contribution in [-0.2, 0) is 0 Å². The second kappa shape index (κ2) is 4.60. The molecule has 2 aliphatic rings. The maximum absolute atomic E-state index is 3.43. The van der Waals surface area contributed by atoms with Gasteiger partial charge in [0.05, 0.1) is 0 Å². The fraction of sp³-hybridized carbons (Fsp3) is 1.00. The van der Waals surface area contributed by atoms with E-state index in [-0.39, 0.29) is 0 Å². The summed E-state index contributed by atoms with van der Waals surface area (Å²) in [7, 11) is 2.24. The summed E-state index contributed by atoms with van der Waals surface area (Å²) in [6.07, 6.45) is 1.36. The molecular weight excluding hydrogens is 174 g/mol. The van der Waals surface area contributed by atoms with Gasteiger partial charge in [-0.25, -0.2) is 0 Å². The summed E-state index contributed by atoms with van der Waals surface area (Å²) in [4.78, 5) is 5.15. The molecular formula is C11H23N3. The van der Waals surface area contributed by atoms with Gasteiger partial charge in [-0.1, -0.05) is 6.92 Å². The van der Waals surface area contributed by atoms with Gasteiger partial charge in [0.25, 0.3) is 0 Å². The summed E-state index contributed by atoms with van der Waals surface area (Å²) < 4.78 is 0. The fourth-order valence-corrected chi connectivity index (χ4v) is 2.90. The summed E-state index contributed by atoms with van der Waals surface area (Å²) in [5, 5.41) is 3.43. The van der Waals surface area contributed by atoms with E-state index >= 15 is 0 Å². The van der Waals surface area contributed by atoms with Crippen molar-refractivity contribution in [1.29, 1.82) is 0 Å². The third-order valence-electron chi connectivity index (χ3n) is 3.68. The van der Waals surface area contributed by atoms with Crippen LogP contribution in [0.5, 0.6) is 0 Å². The highest BCUT2D eigenvalue weighted by Gasteiger charge is 2.29. The summed E-state index contributed by atoms with van der Waals surface area (Å²) in [5.41, 5.74) is 0. The highest BCUT2D eigenvalue weighted by Crippen LogP contribution is 2.21. The summed E-state index contributed by atoms with van der Waals surface area (Å²) in [6.45, 7) is 9.81. The van der Waals surface area contributed by atoms with E-state index in [1.54, 1.807) is 0 Å². The molecule has 1 N–H and O–H groups in total. The Hall–Kier alpha value is -0.120. The lowest BCUT2D eigenvalue weighted by atomic mass is 9.92. The van der Waals surface area contributed by atoms with Crippen LogP contribution in [0.25, 0.3) is 0 Å². The zero-order valence-electron chi connectivity index (χ0n) is 9.50. The molecule has 2 atom stereocenters. The van der Waals surface area contributed by atoms with Crippen LogP contribution < -0.4 is 5.32 Å². The molecule has 0 spiro atoms. The minimum absolute atomic E-state index is 0.840. The summed E-state index contributed by atoms with van der Waals surface area (Å²) >= 11 is 0. The Labute approximate surface area is 87.4 Å². The third kappa shape index (κ3) is 2.27. The van der Waals surface area contributed by atoms with Crippen molar-refractivity contribution in [1.82, 2.24) is 15.1 Å². The van der Waals surface area contributed by atoms with Crippen LogP contribution in [0.3, 0.4) is 0 Å². The highest BCUT2D eigenvalue weighted by atomic mass is 15.2. The van der Waals surface area contributed by atoms with Gasteiger partial charge >= 0.3 is 0 Å². The van der Waals surface area contributed by atoms with E-state index in [1.165, 1.54) is 45.7 Å². The first-order valence-electron chi connectivity index (χ1n) is 5.90. The van der Waals surface area contributed by atoms with Crippen LogP contribution in [0, 0.1) is 5.92 Å². The van der Waals surface area contributed by atoms with E-state index in [9.17, 15) is 0 Å².